The highest BCUT2D eigenvalue weighted by molar-refractivity contribution is 5.98. The lowest BCUT2D eigenvalue weighted by molar-refractivity contribution is -0.116. The highest BCUT2D eigenvalue weighted by atomic mass is 16.2. The van der Waals surface area contributed by atoms with Crippen LogP contribution in [0.25, 0.3) is 0 Å². The van der Waals surface area contributed by atoms with Gasteiger partial charge in [0.25, 0.3) is 5.91 Å². The fourth-order valence-electron chi connectivity index (χ4n) is 2.49. The van der Waals surface area contributed by atoms with E-state index in [4.69, 9.17) is 5.73 Å². The van der Waals surface area contributed by atoms with Crippen LogP contribution in [0.1, 0.15) is 48.5 Å². The van der Waals surface area contributed by atoms with Crippen LogP contribution in [0, 0.1) is 0 Å². The Labute approximate surface area is 125 Å². The smallest absolute Gasteiger partial charge is 0.251 e. The quantitative estimate of drug-likeness (QED) is 0.747. The van der Waals surface area contributed by atoms with Gasteiger partial charge < -0.3 is 16.4 Å². The van der Waals surface area contributed by atoms with Crippen LogP contribution in [0.2, 0.25) is 0 Å². The number of unbranched alkanes of at least 4 members (excludes halogenated alkanes) is 1. The minimum absolute atomic E-state index is 0.0215. The van der Waals surface area contributed by atoms with E-state index in [2.05, 4.69) is 17.6 Å². The third-order valence-corrected chi connectivity index (χ3v) is 3.79. The first-order valence-corrected chi connectivity index (χ1v) is 7.57. The molecule has 21 heavy (non-hydrogen) atoms. The minimum atomic E-state index is -0.0961. The van der Waals surface area contributed by atoms with E-state index in [1.807, 2.05) is 6.07 Å². The molecule has 5 nitrogen and oxygen atoms in total. The van der Waals surface area contributed by atoms with E-state index in [-0.39, 0.29) is 17.9 Å². The summed E-state index contributed by atoms with van der Waals surface area (Å²) in [4.78, 5) is 23.6. The van der Waals surface area contributed by atoms with Crippen molar-refractivity contribution < 1.29 is 9.59 Å². The van der Waals surface area contributed by atoms with Crippen LogP contribution in [0.3, 0.4) is 0 Å². The monoisotopic (exact) mass is 289 g/mol. The van der Waals surface area contributed by atoms with Crippen LogP contribution in [-0.2, 0) is 11.2 Å². The molecule has 0 aliphatic carbocycles. The molecule has 1 atom stereocenters. The van der Waals surface area contributed by atoms with E-state index in [0.717, 1.165) is 30.5 Å². The van der Waals surface area contributed by atoms with Crippen LogP contribution in [-0.4, -0.2) is 24.4 Å². The van der Waals surface area contributed by atoms with Gasteiger partial charge in [-0.2, -0.15) is 0 Å². The lowest BCUT2D eigenvalue weighted by Crippen LogP contribution is -2.40. The molecule has 1 aromatic rings. The predicted molar refractivity (Wildman–Crippen MR) is 83.2 cm³/mol. The lowest BCUT2D eigenvalue weighted by atomic mass is 10.00. The van der Waals surface area contributed by atoms with Gasteiger partial charge in [-0.05, 0) is 36.6 Å². The maximum Gasteiger partial charge on any atom is 0.251 e. The highest BCUT2D eigenvalue weighted by Gasteiger charge is 2.17. The first-order valence-electron chi connectivity index (χ1n) is 7.57. The molecule has 1 aliphatic rings. The van der Waals surface area contributed by atoms with Crippen LogP contribution in [0.5, 0.6) is 0 Å². The van der Waals surface area contributed by atoms with Gasteiger partial charge in [-0.25, -0.2) is 0 Å². The van der Waals surface area contributed by atoms with Gasteiger partial charge in [0.1, 0.15) is 0 Å². The van der Waals surface area contributed by atoms with Gasteiger partial charge in [0.15, 0.2) is 0 Å². The summed E-state index contributed by atoms with van der Waals surface area (Å²) in [5.41, 5.74) is 8.15. The fraction of sp³-hybridized carbons (Fsp3) is 0.500. The van der Waals surface area contributed by atoms with Crippen LogP contribution < -0.4 is 16.4 Å². The maximum atomic E-state index is 12.3. The summed E-state index contributed by atoms with van der Waals surface area (Å²) in [5.74, 6) is -0.0660. The second-order valence-electron chi connectivity index (χ2n) is 5.47. The van der Waals surface area contributed by atoms with Crippen LogP contribution in [0.15, 0.2) is 18.2 Å². The van der Waals surface area contributed by atoms with Gasteiger partial charge in [-0.1, -0.05) is 19.8 Å². The Bertz CT molecular complexity index is 528. The van der Waals surface area contributed by atoms with Crippen molar-refractivity contribution in [3.63, 3.8) is 0 Å². The molecule has 2 rings (SSSR count). The molecule has 1 aromatic carbocycles. The standard InChI is InChI=1S/C16H23N3O2/c1-2-3-4-13(10-17)18-16(21)12-5-7-14-11(9-12)6-8-15(20)19-14/h5,7,9,13H,2-4,6,8,10,17H2,1H3,(H,18,21)(H,19,20). The number of nitrogens with two attached hydrogens (primary N) is 1. The van der Waals surface area contributed by atoms with E-state index < -0.39 is 0 Å². The summed E-state index contributed by atoms with van der Waals surface area (Å²) in [6, 6.07) is 5.42. The van der Waals surface area contributed by atoms with E-state index in [1.165, 1.54) is 0 Å². The number of aryl methyl sites for hydroxylation is 1. The molecule has 0 bridgehead atoms. The summed E-state index contributed by atoms with van der Waals surface area (Å²) in [6.07, 6.45) is 4.20. The largest absolute Gasteiger partial charge is 0.348 e. The first-order chi connectivity index (χ1) is 10.1. The summed E-state index contributed by atoms with van der Waals surface area (Å²) < 4.78 is 0. The minimum Gasteiger partial charge on any atom is -0.348 e. The number of rotatable bonds is 6. The van der Waals surface area contributed by atoms with Crippen molar-refractivity contribution in [1.29, 1.82) is 0 Å². The topological polar surface area (TPSA) is 84.2 Å². The molecule has 5 heteroatoms. The SMILES string of the molecule is CCCCC(CN)NC(=O)c1ccc2c(c1)CCC(=O)N2. The second-order valence-corrected chi connectivity index (χ2v) is 5.47. The number of anilines is 1. The van der Waals surface area contributed by atoms with Crippen molar-refractivity contribution >= 4 is 17.5 Å². The average molecular weight is 289 g/mol. The Balaban J connectivity index is 2.04. The van der Waals surface area contributed by atoms with Gasteiger partial charge >= 0.3 is 0 Å². The third kappa shape index (κ3) is 4.04. The number of carbonyl (C=O) groups excluding carboxylic acids is 2. The number of nitrogens with one attached hydrogen (secondary N) is 2. The number of benzene rings is 1. The molecule has 0 aromatic heterocycles. The zero-order valence-electron chi connectivity index (χ0n) is 12.4. The molecule has 0 saturated heterocycles. The number of fused-ring (bicyclic) bond motifs is 1. The van der Waals surface area contributed by atoms with Crippen molar-refractivity contribution in [3.8, 4) is 0 Å². The van der Waals surface area contributed by atoms with Gasteiger partial charge in [-0.15, -0.1) is 0 Å². The van der Waals surface area contributed by atoms with Gasteiger partial charge in [0.05, 0.1) is 0 Å². The van der Waals surface area contributed by atoms with Crippen LogP contribution in [0.4, 0.5) is 5.69 Å². The fourth-order valence-corrected chi connectivity index (χ4v) is 2.49. The Morgan fingerprint density at radius 3 is 2.95 bits per heavy atom. The average Bonchev–Trinajstić information content (AvgIpc) is 2.50. The van der Waals surface area contributed by atoms with Crippen molar-refractivity contribution in [2.75, 3.05) is 11.9 Å². The molecule has 1 heterocycles. The van der Waals surface area contributed by atoms with Crippen molar-refractivity contribution in [3.05, 3.63) is 29.3 Å². The predicted octanol–water partition coefficient (Wildman–Crippen LogP) is 1.82. The Morgan fingerprint density at radius 2 is 2.24 bits per heavy atom. The van der Waals surface area contributed by atoms with E-state index in [0.29, 0.717) is 24.9 Å². The molecule has 0 saturated carbocycles. The number of carbonyl (C=O) groups is 2. The molecule has 1 aliphatic heterocycles. The number of hydrogen-bond donors (Lipinski definition) is 3. The zero-order valence-corrected chi connectivity index (χ0v) is 12.4. The highest BCUT2D eigenvalue weighted by Crippen LogP contribution is 2.23. The molecular formula is C16H23N3O2. The van der Waals surface area contributed by atoms with E-state index >= 15 is 0 Å². The van der Waals surface area contributed by atoms with Crippen molar-refractivity contribution in [2.45, 2.75) is 45.1 Å². The van der Waals surface area contributed by atoms with Crippen LogP contribution >= 0.6 is 0 Å². The molecule has 114 valence electrons. The van der Waals surface area contributed by atoms with E-state index in [9.17, 15) is 9.59 Å². The summed E-state index contributed by atoms with van der Waals surface area (Å²) >= 11 is 0. The normalized spacial score (nSPS) is 15.0. The molecule has 0 spiro atoms. The molecule has 2 amide bonds. The number of hydrogen-bond acceptors (Lipinski definition) is 3. The van der Waals surface area contributed by atoms with Crippen molar-refractivity contribution in [1.82, 2.24) is 5.32 Å². The van der Waals surface area contributed by atoms with Gasteiger partial charge in [0.2, 0.25) is 5.91 Å². The first kappa shape index (κ1) is 15.5. The Kier molecular flexibility index (Phi) is 5.33. The maximum absolute atomic E-state index is 12.3. The summed E-state index contributed by atoms with van der Waals surface area (Å²) in [5, 5.41) is 5.80. The van der Waals surface area contributed by atoms with E-state index in [1.54, 1.807) is 12.1 Å². The molecule has 4 N–H and O–H groups in total. The van der Waals surface area contributed by atoms with Gasteiger partial charge in [-0.3, -0.25) is 9.59 Å². The third-order valence-electron chi connectivity index (χ3n) is 3.79. The molecule has 1 unspecified atom stereocenters. The summed E-state index contributed by atoms with van der Waals surface area (Å²) in [7, 11) is 0. The molecule has 0 fully saturated rings. The van der Waals surface area contributed by atoms with Crippen molar-refractivity contribution in [2.24, 2.45) is 5.73 Å². The Hall–Kier alpha value is -1.88. The van der Waals surface area contributed by atoms with Gasteiger partial charge in [0, 0.05) is 30.3 Å². The number of amides is 2. The molecule has 0 radical (unpaired) electrons. The summed E-state index contributed by atoms with van der Waals surface area (Å²) in [6.45, 7) is 2.57. The lowest BCUT2D eigenvalue weighted by Gasteiger charge is -2.19. The zero-order chi connectivity index (χ0) is 15.2. The molecular weight excluding hydrogens is 266 g/mol. The second kappa shape index (κ2) is 7.22. The Morgan fingerprint density at radius 1 is 1.43 bits per heavy atom.